The van der Waals surface area contributed by atoms with Crippen LogP contribution in [0.5, 0.6) is 0 Å². The summed E-state index contributed by atoms with van der Waals surface area (Å²) in [6.07, 6.45) is 10.3. The zero-order valence-corrected chi connectivity index (χ0v) is 88.8. The molecule has 16 rings (SSSR count). The van der Waals surface area contributed by atoms with Crippen molar-refractivity contribution in [1.82, 2.24) is 24.9 Å². The van der Waals surface area contributed by atoms with E-state index in [9.17, 15) is 24.3 Å². The Kier molecular flexibility index (Phi) is 46.5. The topological polar surface area (TPSA) is 214 Å². The molecule has 4 radical (unpaired) electrons. The molecule has 0 aliphatic rings. The molecule has 5 aromatic heterocycles. The van der Waals surface area contributed by atoms with Gasteiger partial charge in [-0.2, -0.15) is 0 Å². The molecule has 5 heterocycles. The van der Waals surface area contributed by atoms with Crippen LogP contribution in [0.25, 0.3) is 134 Å². The number of rotatable bonds is 14. The SMILES string of the molecule is CC(=O)C=C(C)O.CC(=O)C=C(C)O.CC(=O)C=C(C)O.CC(=O)C=C(O)C(C)(C)C.Cc1[c-]c(-c2nc3cccnc3cc2C)cc(-c2ccccc2)c1.Cc1[c-]c(-c2ncc(C)cc2C)cc(-c2ccccc2)c1.Cc1cccc(C)c1-c1cccnc1-c1[c-]ccc(-c2ccccc2)c1.Cc1ccccc1-c1cc2ccccc2nc1-c1[c-]ccc(-c2ccccc2)c1.[Ir].[Ir].[Ir].[Ir]. The summed E-state index contributed by atoms with van der Waals surface area (Å²) in [5, 5.41) is 35.4. The Hall–Kier alpha value is -12.9. The van der Waals surface area contributed by atoms with Crippen LogP contribution in [0.2, 0.25) is 0 Å². The number of allylic oxidation sites excluding steroid dienone is 8. The molecule has 0 atom stereocenters. The second-order valence-corrected chi connectivity index (χ2v) is 32.9. The first-order chi connectivity index (χ1) is 62.6. The molecule has 16 aromatic rings. The first-order valence-electron chi connectivity index (χ1n) is 43.1. The van der Waals surface area contributed by atoms with Crippen molar-refractivity contribution >= 4 is 45.1 Å². The van der Waals surface area contributed by atoms with E-state index < -0.39 is 0 Å². The number of aryl methyl sites for hydroxylation is 8. The van der Waals surface area contributed by atoms with Crippen LogP contribution in [0.15, 0.2) is 357 Å². The van der Waals surface area contributed by atoms with Crippen LogP contribution in [0, 0.1) is 85.1 Å². The molecule has 0 unspecified atom stereocenters. The summed E-state index contributed by atoms with van der Waals surface area (Å²) in [6, 6.07) is 114. The van der Waals surface area contributed by atoms with E-state index in [2.05, 4.69) is 320 Å². The first-order valence-corrected chi connectivity index (χ1v) is 43.1. The number of aliphatic hydroxyl groups excluding tert-OH is 4. The van der Waals surface area contributed by atoms with E-state index >= 15 is 0 Å². The van der Waals surface area contributed by atoms with Gasteiger partial charge in [0.05, 0.1) is 33.8 Å². The molecule has 0 amide bonds. The third-order valence-corrected chi connectivity index (χ3v) is 20.1. The van der Waals surface area contributed by atoms with E-state index in [1.54, 1.807) is 6.20 Å². The number of hydrogen-bond donors (Lipinski definition) is 4. The van der Waals surface area contributed by atoms with Crippen molar-refractivity contribution in [3.05, 3.63) is 426 Å². The summed E-state index contributed by atoms with van der Waals surface area (Å²) in [5.41, 5.74) is 34.4. The molecule has 11 aromatic carbocycles. The van der Waals surface area contributed by atoms with Crippen molar-refractivity contribution in [1.29, 1.82) is 0 Å². The van der Waals surface area contributed by atoms with Gasteiger partial charge in [0.2, 0.25) is 0 Å². The van der Waals surface area contributed by atoms with Gasteiger partial charge in [0.1, 0.15) is 5.76 Å². The molecule has 0 aliphatic heterocycles. The fourth-order valence-electron chi connectivity index (χ4n) is 14.2. The Morgan fingerprint density at radius 3 is 1.13 bits per heavy atom. The number of aliphatic hydroxyl groups is 4. The van der Waals surface area contributed by atoms with E-state index in [0.717, 1.165) is 94.8 Å². The second-order valence-electron chi connectivity index (χ2n) is 32.9. The smallest absolute Gasteiger partial charge is 0.155 e. The number of carbonyl (C=O) groups excluding carboxylic acids is 4. The number of aromatic nitrogens is 5. The fourth-order valence-corrected chi connectivity index (χ4v) is 14.2. The minimum atomic E-state index is -0.314. The number of para-hydroxylation sites is 1. The van der Waals surface area contributed by atoms with Gasteiger partial charge in [-0.1, -0.05) is 246 Å². The molecule has 135 heavy (non-hydrogen) atoms. The maximum absolute atomic E-state index is 10.5. The van der Waals surface area contributed by atoms with E-state index in [1.807, 2.05) is 93.8 Å². The van der Waals surface area contributed by atoms with Gasteiger partial charge in [-0.15, -0.1) is 141 Å². The number of hydrogen-bond acceptors (Lipinski definition) is 13. The average Bonchev–Trinajstić information content (AvgIpc) is 0.773. The van der Waals surface area contributed by atoms with Gasteiger partial charge in [0.25, 0.3) is 0 Å². The predicted molar refractivity (Wildman–Crippen MR) is 539 cm³/mol. The fraction of sp³-hybridized carbons (Fsp3) is 0.161. The zero-order valence-electron chi connectivity index (χ0n) is 79.2. The maximum atomic E-state index is 10.5. The van der Waals surface area contributed by atoms with Crippen molar-refractivity contribution in [3.63, 3.8) is 0 Å². The van der Waals surface area contributed by atoms with E-state index in [0.29, 0.717) is 0 Å². The van der Waals surface area contributed by atoms with Crippen LogP contribution in [-0.4, -0.2) is 68.5 Å². The zero-order chi connectivity index (χ0) is 94.8. The van der Waals surface area contributed by atoms with Crippen molar-refractivity contribution in [2.24, 2.45) is 5.41 Å². The van der Waals surface area contributed by atoms with E-state index in [-0.39, 0.29) is 132 Å². The van der Waals surface area contributed by atoms with Crippen LogP contribution in [0.3, 0.4) is 0 Å². The summed E-state index contributed by atoms with van der Waals surface area (Å²) in [7, 11) is 0. The molecular formula is C118H113Ir4N5O8-4. The molecule has 13 nitrogen and oxygen atoms in total. The minimum absolute atomic E-state index is 0. The van der Waals surface area contributed by atoms with Gasteiger partial charge >= 0.3 is 0 Å². The van der Waals surface area contributed by atoms with Gasteiger partial charge in [0, 0.05) is 129 Å². The van der Waals surface area contributed by atoms with Gasteiger partial charge in [0.15, 0.2) is 23.1 Å². The average molecular weight is 2500 g/mol. The Bertz CT molecular complexity index is 6670. The molecular weight excluding hydrogens is 2380 g/mol. The quantitative estimate of drug-likeness (QED) is 0.0454. The molecule has 0 fully saturated rings. The van der Waals surface area contributed by atoms with Crippen molar-refractivity contribution < 1.29 is 120 Å². The summed E-state index contributed by atoms with van der Waals surface area (Å²) in [4.78, 5) is 64.1. The van der Waals surface area contributed by atoms with Gasteiger partial charge in [-0.05, 0) is 215 Å². The Balaban J connectivity index is 0.000000286. The number of ketones is 4. The first kappa shape index (κ1) is 113. The van der Waals surface area contributed by atoms with Gasteiger partial charge < -0.3 is 30.4 Å². The normalized spacial score (nSPS) is 10.8. The Morgan fingerprint density at radius 1 is 0.304 bits per heavy atom. The minimum Gasteiger partial charge on any atom is -0.512 e. The predicted octanol–water partition coefficient (Wildman–Crippen LogP) is 29.5. The Morgan fingerprint density at radius 2 is 0.689 bits per heavy atom. The molecule has 0 saturated carbocycles. The van der Waals surface area contributed by atoms with Crippen LogP contribution < -0.4 is 0 Å². The van der Waals surface area contributed by atoms with Crippen molar-refractivity contribution in [3.8, 4) is 112 Å². The summed E-state index contributed by atoms with van der Waals surface area (Å²) in [5.74, 6) is -0.167. The number of benzene rings is 11. The number of nitrogens with zero attached hydrogens (tertiary/aromatic N) is 5. The molecule has 0 aliphatic carbocycles. The molecule has 0 bridgehead atoms. The summed E-state index contributed by atoms with van der Waals surface area (Å²) in [6.45, 7) is 32.4. The molecule has 4 N–H and O–H groups in total. The second kappa shape index (κ2) is 55.7. The van der Waals surface area contributed by atoms with Gasteiger partial charge in [-0.25, -0.2) is 0 Å². The van der Waals surface area contributed by atoms with Crippen LogP contribution >= 0.6 is 0 Å². The molecule has 0 saturated heterocycles. The van der Waals surface area contributed by atoms with Crippen molar-refractivity contribution in [2.75, 3.05) is 0 Å². The molecule has 0 spiro atoms. The van der Waals surface area contributed by atoms with Crippen LogP contribution in [-0.2, 0) is 99.6 Å². The van der Waals surface area contributed by atoms with E-state index in [1.165, 1.54) is 156 Å². The third-order valence-electron chi connectivity index (χ3n) is 20.1. The standard InChI is InChI=1S/C28H20N.C25H20N.C22H17N2.C20H18N.C8H14O2.3C5H8O2.4Ir/c1-20-10-5-7-16-25(20)26-19-23-13-6-8-17-27(23)29-28(26)24-15-9-14-22(18-24)21-11-3-2-4-12-21;1-18-9-6-10-19(2)24(18)23-15-8-16-26-25(23)22-14-7-13-21(17-22)20-11-4-3-5-12-20;1-15-11-18(17-7-4-3-5-8-17)14-19(12-15)22-16(2)13-21-20(24-22)9-6-10-23-21;1-14-10-18(17-7-5-4-6-8-17)12-19(11-14)20-16(3)9-15(2)13-21-20;1-6(9)5-7(10)8(2,3)4;3*1-4(6)3-5(2)7;;;;/h2-14,16-19H,1H3;3-13,15-17H,1-2H3;3-11,13-14H,1-2H3;4-10,12-13H,1-3H3;5,10H,1-4H3;3*3,6H,1-2H3;;;;/q4*-1;;;;;;;;. The number of fused-ring (bicyclic) bond motifs is 2. The Labute approximate surface area is 850 Å². The number of pyridine rings is 5. The largest absolute Gasteiger partial charge is 0.512 e. The van der Waals surface area contributed by atoms with Crippen molar-refractivity contribution in [2.45, 2.75) is 125 Å². The van der Waals surface area contributed by atoms with Gasteiger partial charge in [-0.3, -0.25) is 34.1 Å². The summed E-state index contributed by atoms with van der Waals surface area (Å²) < 4.78 is 0. The third kappa shape index (κ3) is 35.5. The van der Waals surface area contributed by atoms with E-state index in [4.69, 9.17) is 30.3 Å². The molecule has 698 valence electrons. The van der Waals surface area contributed by atoms with Crippen LogP contribution in [0.4, 0.5) is 0 Å². The summed E-state index contributed by atoms with van der Waals surface area (Å²) >= 11 is 0. The number of carbonyl (C=O) groups is 4. The maximum Gasteiger partial charge on any atom is 0.155 e. The molecule has 17 heteroatoms. The monoisotopic (exact) mass is 2500 g/mol. The van der Waals surface area contributed by atoms with Crippen LogP contribution in [0.1, 0.15) is 114 Å².